The van der Waals surface area contributed by atoms with Crippen molar-refractivity contribution in [2.24, 2.45) is 0 Å². The van der Waals surface area contributed by atoms with Gasteiger partial charge in [0, 0.05) is 5.92 Å². The van der Waals surface area contributed by atoms with Gasteiger partial charge in [0.1, 0.15) is 11.5 Å². The molecule has 1 aromatic heterocycles. The van der Waals surface area contributed by atoms with E-state index < -0.39 is 4.92 Å². The third-order valence-corrected chi connectivity index (χ3v) is 2.94. The lowest BCUT2D eigenvalue weighted by Crippen LogP contribution is -2.07. The number of nitro groups is 1. The number of anilines is 1. The highest BCUT2D eigenvalue weighted by Crippen LogP contribution is 2.31. The smallest absolute Gasteiger partial charge is 0.334 e. The average Bonchev–Trinajstić information content (AvgIpc) is 2.67. The molecular weight excluding hydrogens is 263 g/mol. The van der Waals surface area contributed by atoms with E-state index >= 15 is 0 Å². The van der Waals surface area contributed by atoms with E-state index in [1.807, 2.05) is 0 Å². The highest BCUT2D eigenvalue weighted by molar-refractivity contribution is 5.57. The van der Waals surface area contributed by atoms with Crippen LogP contribution in [-0.4, -0.2) is 14.7 Å². The van der Waals surface area contributed by atoms with Crippen LogP contribution < -0.4 is 5.73 Å². The van der Waals surface area contributed by atoms with Gasteiger partial charge in [-0.05, 0) is 17.7 Å². The SMILES string of the molecule is CC(C)c1nn(Cc2cccc(F)c2)c(N)c1[N+](=O)[O-]. The van der Waals surface area contributed by atoms with Crippen LogP contribution in [0.3, 0.4) is 0 Å². The fourth-order valence-corrected chi connectivity index (χ4v) is 1.99. The lowest BCUT2D eigenvalue weighted by atomic mass is 10.1. The van der Waals surface area contributed by atoms with Crippen LogP contribution in [-0.2, 0) is 6.54 Å². The molecule has 7 heteroatoms. The molecule has 0 aliphatic carbocycles. The molecule has 2 aromatic rings. The third kappa shape index (κ3) is 2.61. The second-order valence-corrected chi connectivity index (χ2v) is 4.82. The Balaban J connectivity index is 2.43. The Morgan fingerprint density at radius 3 is 2.70 bits per heavy atom. The molecule has 0 saturated carbocycles. The van der Waals surface area contributed by atoms with Crippen molar-refractivity contribution >= 4 is 11.5 Å². The summed E-state index contributed by atoms with van der Waals surface area (Å²) in [4.78, 5) is 10.6. The van der Waals surface area contributed by atoms with E-state index in [9.17, 15) is 14.5 Å². The second kappa shape index (κ2) is 5.28. The molecule has 20 heavy (non-hydrogen) atoms. The van der Waals surface area contributed by atoms with Gasteiger partial charge in [-0.15, -0.1) is 0 Å². The van der Waals surface area contributed by atoms with Gasteiger partial charge in [0.15, 0.2) is 0 Å². The van der Waals surface area contributed by atoms with Gasteiger partial charge >= 0.3 is 5.69 Å². The molecule has 0 saturated heterocycles. The summed E-state index contributed by atoms with van der Waals surface area (Å²) in [7, 11) is 0. The molecule has 0 amide bonds. The van der Waals surface area contributed by atoms with Crippen LogP contribution in [0.4, 0.5) is 15.9 Å². The number of aromatic nitrogens is 2. The first-order valence-corrected chi connectivity index (χ1v) is 6.15. The minimum Gasteiger partial charge on any atom is -0.378 e. The van der Waals surface area contributed by atoms with E-state index in [-0.39, 0.29) is 29.8 Å². The molecule has 2 N–H and O–H groups in total. The predicted molar refractivity (Wildman–Crippen MR) is 72.9 cm³/mol. The Hall–Kier alpha value is -2.44. The van der Waals surface area contributed by atoms with Gasteiger partial charge < -0.3 is 5.73 Å². The van der Waals surface area contributed by atoms with Gasteiger partial charge in [-0.2, -0.15) is 5.10 Å². The number of hydrogen-bond acceptors (Lipinski definition) is 4. The first-order valence-electron chi connectivity index (χ1n) is 6.15. The summed E-state index contributed by atoms with van der Waals surface area (Å²) < 4.78 is 14.5. The number of nitrogens with two attached hydrogens (primary N) is 1. The van der Waals surface area contributed by atoms with Crippen molar-refractivity contribution in [3.63, 3.8) is 0 Å². The number of nitrogens with zero attached hydrogens (tertiary/aromatic N) is 3. The maximum Gasteiger partial charge on any atom is 0.334 e. The van der Waals surface area contributed by atoms with Gasteiger partial charge in [0.05, 0.1) is 11.5 Å². The quantitative estimate of drug-likeness (QED) is 0.688. The average molecular weight is 278 g/mol. The van der Waals surface area contributed by atoms with Crippen LogP contribution >= 0.6 is 0 Å². The predicted octanol–water partition coefficient (Wildman–Crippen LogP) is 2.68. The summed E-state index contributed by atoms with van der Waals surface area (Å²) in [5.74, 6) is -0.499. The van der Waals surface area contributed by atoms with Gasteiger partial charge in [-0.3, -0.25) is 10.1 Å². The van der Waals surface area contributed by atoms with Crippen molar-refractivity contribution in [2.75, 3.05) is 5.73 Å². The molecule has 0 bridgehead atoms. The molecule has 1 aromatic carbocycles. The number of hydrogen-bond donors (Lipinski definition) is 1. The van der Waals surface area contributed by atoms with Gasteiger partial charge in [-0.25, -0.2) is 9.07 Å². The Bertz CT molecular complexity index is 652. The van der Waals surface area contributed by atoms with Crippen molar-refractivity contribution < 1.29 is 9.31 Å². The zero-order valence-corrected chi connectivity index (χ0v) is 11.2. The molecule has 1 heterocycles. The Labute approximate surface area is 115 Å². The molecule has 0 spiro atoms. The Morgan fingerprint density at radius 2 is 2.20 bits per heavy atom. The Kier molecular flexibility index (Phi) is 3.69. The molecule has 0 aliphatic heterocycles. The van der Waals surface area contributed by atoms with E-state index in [4.69, 9.17) is 5.73 Å². The van der Waals surface area contributed by atoms with E-state index in [2.05, 4.69) is 5.10 Å². The zero-order chi connectivity index (χ0) is 14.9. The first-order chi connectivity index (χ1) is 9.40. The van der Waals surface area contributed by atoms with Crippen molar-refractivity contribution in [3.05, 3.63) is 51.5 Å². The number of rotatable bonds is 4. The minimum absolute atomic E-state index is 0.0111. The summed E-state index contributed by atoms with van der Waals surface area (Å²) in [6.07, 6.45) is 0. The highest BCUT2D eigenvalue weighted by Gasteiger charge is 2.27. The fraction of sp³-hybridized carbons (Fsp3) is 0.308. The second-order valence-electron chi connectivity index (χ2n) is 4.82. The monoisotopic (exact) mass is 278 g/mol. The largest absolute Gasteiger partial charge is 0.378 e. The lowest BCUT2D eigenvalue weighted by molar-refractivity contribution is -0.384. The van der Waals surface area contributed by atoms with Gasteiger partial charge in [-0.1, -0.05) is 26.0 Å². The molecule has 6 nitrogen and oxygen atoms in total. The van der Waals surface area contributed by atoms with Gasteiger partial charge in [0.2, 0.25) is 5.82 Å². The topological polar surface area (TPSA) is 87.0 Å². The van der Waals surface area contributed by atoms with Crippen molar-refractivity contribution in [1.82, 2.24) is 9.78 Å². The van der Waals surface area contributed by atoms with Crippen LogP contribution in [0.5, 0.6) is 0 Å². The molecule has 0 atom stereocenters. The van der Waals surface area contributed by atoms with Crippen LogP contribution in [0.25, 0.3) is 0 Å². The van der Waals surface area contributed by atoms with Crippen molar-refractivity contribution in [2.45, 2.75) is 26.3 Å². The molecule has 0 aliphatic rings. The standard InChI is InChI=1S/C13H15FN4O2/c1-8(2)11-12(18(19)20)13(15)17(16-11)7-9-4-3-5-10(14)6-9/h3-6,8H,7,15H2,1-2H3. The zero-order valence-electron chi connectivity index (χ0n) is 11.2. The first kappa shape index (κ1) is 14.0. The number of nitrogen functional groups attached to an aromatic ring is 1. The third-order valence-electron chi connectivity index (χ3n) is 2.94. The van der Waals surface area contributed by atoms with E-state index in [1.165, 1.54) is 16.8 Å². The molecular formula is C13H15FN4O2. The fourth-order valence-electron chi connectivity index (χ4n) is 1.99. The summed E-state index contributed by atoms with van der Waals surface area (Å²) in [6, 6.07) is 5.97. The van der Waals surface area contributed by atoms with E-state index in [0.29, 0.717) is 11.3 Å². The maximum absolute atomic E-state index is 13.1. The van der Waals surface area contributed by atoms with Crippen LogP contribution in [0.15, 0.2) is 24.3 Å². The van der Waals surface area contributed by atoms with E-state index in [1.54, 1.807) is 26.0 Å². The number of benzene rings is 1. The van der Waals surface area contributed by atoms with Crippen LogP contribution in [0.2, 0.25) is 0 Å². The van der Waals surface area contributed by atoms with Crippen molar-refractivity contribution in [3.8, 4) is 0 Å². The molecule has 0 fully saturated rings. The molecule has 0 unspecified atom stereocenters. The van der Waals surface area contributed by atoms with Crippen molar-refractivity contribution in [1.29, 1.82) is 0 Å². The van der Waals surface area contributed by atoms with Gasteiger partial charge in [0.25, 0.3) is 0 Å². The normalized spacial score (nSPS) is 11.0. The summed E-state index contributed by atoms with van der Waals surface area (Å²) >= 11 is 0. The van der Waals surface area contributed by atoms with Crippen LogP contribution in [0, 0.1) is 15.9 Å². The maximum atomic E-state index is 13.1. The molecule has 0 radical (unpaired) electrons. The lowest BCUT2D eigenvalue weighted by Gasteiger charge is -2.03. The summed E-state index contributed by atoms with van der Waals surface area (Å²) in [5.41, 5.74) is 6.60. The molecule has 106 valence electrons. The van der Waals surface area contributed by atoms with Crippen LogP contribution in [0.1, 0.15) is 31.0 Å². The van der Waals surface area contributed by atoms with E-state index in [0.717, 1.165) is 0 Å². The Morgan fingerprint density at radius 1 is 1.50 bits per heavy atom. The number of halogens is 1. The minimum atomic E-state index is -0.528. The molecule has 2 rings (SSSR count). The summed E-state index contributed by atoms with van der Waals surface area (Å²) in [5, 5.41) is 15.3. The summed E-state index contributed by atoms with van der Waals surface area (Å²) in [6.45, 7) is 3.81. The highest BCUT2D eigenvalue weighted by atomic mass is 19.1.